The van der Waals surface area contributed by atoms with Crippen molar-refractivity contribution < 1.29 is 4.42 Å². The predicted molar refractivity (Wildman–Crippen MR) is 196 cm³/mol. The number of pyridine rings is 1. The molecule has 0 atom stereocenters. The lowest BCUT2D eigenvalue weighted by molar-refractivity contribution is 0.668. The summed E-state index contributed by atoms with van der Waals surface area (Å²) in [6.45, 7) is 0. The molecule has 0 amide bonds. The molecule has 3 heterocycles. The van der Waals surface area contributed by atoms with Crippen LogP contribution < -0.4 is 4.90 Å². The molecule has 0 aliphatic carbocycles. The maximum Gasteiger partial charge on any atom is 0.155 e. The second-order valence-corrected chi connectivity index (χ2v) is 12.0. The Morgan fingerprint density at radius 3 is 2.17 bits per heavy atom. The van der Waals surface area contributed by atoms with Crippen molar-refractivity contribution in [1.82, 2.24) is 9.55 Å². The molecule has 0 N–H and O–H groups in total. The molecule has 7 aromatic carbocycles. The number of hydrogen-bond donors (Lipinski definition) is 0. The summed E-state index contributed by atoms with van der Waals surface area (Å²) in [5.41, 5.74) is 9.09. The summed E-state index contributed by atoms with van der Waals surface area (Å²) in [6.07, 6.45) is 1.95. The van der Waals surface area contributed by atoms with Gasteiger partial charge in [0.15, 0.2) is 5.58 Å². The number of para-hydroxylation sites is 3. The lowest BCUT2D eigenvalue weighted by Crippen LogP contribution is -2.10. The van der Waals surface area contributed by atoms with Gasteiger partial charge in [0.25, 0.3) is 0 Å². The molecule has 0 fully saturated rings. The van der Waals surface area contributed by atoms with E-state index in [-0.39, 0.29) is 0 Å². The Morgan fingerprint density at radius 1 is 0.489 bits per heavy atom. The van der Waals surface area contributed by atoms with Gasteiger partial charge in [-0.2, -0.15) is 0 Å². The third-order valence-corrected chi connectivity index (χ3v) is 9.38. The van der Waals surface area contributed by atoms with E-state index in [1.807, 2.05) is 30.5 Å². The highest BCUT2D eigenvalue weighted by Crippen LogP contribution is 2.42. The molecule has 0 aliphatic rings. The third kappa shape index (κ3) is 3.92. The number of furan rings is 1. The lowest BCUT2D eigenvalue weighted by atomic mass is 10.0. The SMILES string of the molecule is c1ccc(N(c2cnc3c(c2)oc2ccccc23)c2cccc3cc(-n4c5ccccc5c5c6ccccc6ccc54)ccc23)cc1. The van der Waals surface area contributed by atoms with Gasteiger partial charge in [0.1, 0.15) is 11.1 Å². The minimum absolute atomic E-state index is 0.769. The van der Waals surface area contributed by atoms with E-state index in [9.17, 15) is 0 Å². The van der Waals surface area contributed by atoms with Crippen LogP contribution in [-0.4, -0.2) is 9.55 Å². The molecule has 0 saturated carbocycles. The van der Waals surface area contributed by atoms with Crippen molar-refractivity contribution in [2.45, 2.75) is 0 Å². The summed E-state index contributed by atoms with van der Waals surface area (Å²) in [4.78, 5) is 7.18. The van der Waals surface area contributed by atoms with Gasteiger partial charge in [0.2, 0.25) is 0 Å². The molecule has 47 heavy (non-hydrogen) atoms. The van der Waals surface area contributed by atoms with E-state index >= 15 is 0 Å². The van der Waals surface area contributed by atoms with Crippen molar-refractivity contribution in [2.24, 2.45) is 0 Å². The Hall–Kier alpha value is -6.39. The third-order valence-electron chi connectivity index (χ3n) is 9.38. The molecular formula is C43H27N3O. The number of aromatic nitrogens is 2. The van der Waals surface area contributed by atoms with Crippen LogP contribution in [0, 0.1) is 0 Å². The minimum atomic E-state index is 0.769. The molecule has 10 aromatic rings. The van der Waals surface area contributed by atoms with Crippen LogP contribution in [0.15, 0.2) is 168 Å². The van der Waals surface area contributed by atoms with E-state index < -0.39 is 0 Å². The van der Waals surface area contributed by atoms with Crippen LogP contribution >= 0.6 is 0 Å². The Labute approximate surface area is 270 Å². The van der Waals surface area contributed by atoms with Crippen molar-refractivity contribution in [3.05, 3.63) is 164 Å². The second kappa shape index (κ2) is 10.1. The summed E-state index contributed by atoms with van der Waals surface area (Å²) in [5.74, 6) is 0. The first-order valence-corrected chi connectivity index (χ1v) is 15.9. The molecule has 4 nitrogen and oxygen atoms in total. The number of benzene rings is 7. The second-order valence-electron chi connectivity index (χ2n) is 12.0. The van der Waals surface area contributed by atoms with E-state index in [1.165, 1.54) is 32.6 Å². The molecule has 10 rings (SSSR count). The monoisotopic (exact) mass is 601 g/mol. The Kier molecular flexibility index (Phi) is 5.54. The molecule has 0 radical (unpaired) electrons. The maximum atomic E-state index is 6.26. The highest BCUT2D eigenvalue weighted by atomic mass is 16.3. The fraction of sp³-hybridized carbons (Fsp3) is 0. The molecule has 0 saturated heterocycles. The number of fused-ring (bicyclic) bond motifs is 9. The number of hydrogen-bond acceptors (Lipinski definition) is 3. The summed E-state index contributed by atoms with van der Waals surface area (Å²) < 4.78 is 8.67. The molecule has 0 bridgehead atoms. The van der Waals surface area contributed by atoms with Crippen molar-refractivity contribution in [3.8, 4) is 5.69 Å². The molecule has 3 aromatic heterocycles. The average Bonchev–Trinajstić information content (AvgIpc) is 3.68. The summed E-state index contributed by atoms with van der Waals surface area (Å²) in [7, 11) is 0. The van der Waals surface area contributed by atoms with Crippen LogP contribution in [0.1, 0.15) is 0 Å². The fourth-order valence-electron chi connectivity index (χ4n) is 7.32. The Bertz CT molecular complexity index is 2810. The van der Waals surface area contributed by atoms with Crippen molar-refractivity contribution in [3.63, 3.8) is 0 Å². The van der Waals surface area contributed by atoms with Crippen LogP contribution in [-0.2, 0) is 0 Å². The number of rotatable bonds is 4. The molecule has 0 aliphatic heterocycles. The van der Waals surface area contributed by atoms with E-state index in [0.717, 1.165) is 55.6 Å². The largest absolute Gasteiger partial charge is 0.454 e. The molecule has 0 spiro atoms. The van der Waals surface area contributed by atoms with Crippen LogP contribution in [0.5, 0.6) is 0 Å². The van der Waals surface area contributed by atoms with Gasteiger partial charge < -0.3 is 13.9 Å². The maximum absolute atomic E-state index is 6.26. The lowest BCUT2D eigenvalue weighted by Gasteiger charge is -2.26. The van der Waals surface area contributed by atoms with E-state index in [0.29, 0.717) is 0 Å². The van der Waals surface area contributed by atoms with Gasteiger partial charge in [-0.25, -0.2) is 4.98 Å². The highest BCUT2D eigenvalue weighted by Gasteiger charge is 2.19. The summed E-state index contributed by atoms with van der Waals surface area (Å²) in [6, 6.07) is 55.9. The van der Waals surface area contributed by atoms with Crippen molar-refractivity contribution in [1.29, 1.82) is 0 Å². The van der Waals surface area contributed by atoms with Crippen LogP contribution in [0.3, 0.4) is 0 Å². The zero-order valence-electron chi connectivity index (χ0n) is 25.3. The number of anilines is 3. The summed E-state index contributed by atoms with van der Waals surface area (Å²) in [5, 5.41) is 8.41. The molecule has 0 unspecified atom stereocenters. The average molecular weight is 602 g/mol. The van der Waals surface area contributed by atoms with Gasteiger partial charge in [0, 0.05) is 39.0 Å². The summed E-state index contributed by atoms with van der Waals surface area (Å²) >= 11 is 0. The quantitative estimate of drug-likeness (QED) is 0.201. The van der Waals surface area contributed by atoms with E-state index in [1.54, 1.807) is 0 Å². The van der Waals surface area contributed by atoms with Gasteiger partial charge in [-0.15, -0.1) is 0 Å². The van der Waals surface area contributed by atoms with E-state index in [4.69, 9.17) is 9.40 Å². The zero-order valence-corrected chi connectivity index (χ0v) is 25.3. The topological polar surface area (TPSA) is 34.2 Å². The zero-order chi connectivity index (χ0) is 30.9. The van der Waals surface area contributed by atoms with Gasteiger partial charge in [-0.1, -0.05) is 97.1 Å². The van der Waals surface area contributed by atoms with Crippen LogP contribution in [0.4, 0.5) is 17.1 Å². The van der Waals surface area contributed by atoms with Gasteiger partial charge in [-0.05, 0) is 70.8 Å². The van der Waals surface area contributed by atoms with Gasteiger partial charge >= 0.3 is 0 Å². The molecular weight excluding hydrogens is 574 g/mol. The molecule has 220 valence electrons. The predicted octanol–water partition coefficient (Wildman–Crippen LogP) is 11.9. The number of nitrogens with zero attached hydrogens (tertiary/aromatic N) is 3. The van der Waals surface area contributed by atoms with E-state index in [2.05, 4.69) is 143 Å². The first kappa shape index (κ1) is 25.9. The normalized spacial score (nSPS) is 11.8. The smallest absolute Gasteiger partial charge is 0.155 e. The van der Waals surface area contributed by atoms with Gasteiger partial charge in [-0.3, -0.25) is 0 Å². The Balaban J connectivity index is 1.18. The Morgan fingerprint density at radius 2 is 1.26 bits per heavy atom. The van der Waals surface area contributed by atoms with Crippen LogP contribution in [0.25, 0.3) is 71.1 Å². The van der Waals surface area contributed by atoms with Crippen molar-refractivity contribution in [2.75, 3.05) is 4.90 Å². The standard InChI is InChI=1S/C43H27N3O/c1-2-13-30(14-3-1)45(32-26-41-43(44-27-32)36-17-7-9-20-40(36)47-41)37-19-10-12-29-25-31(22-23-33(29)37)46-38-18-8-6-16-35(38)42-34-15-5-4-11-28(34)21-24-39(42)46/h1-27H. The fourth-order valence-corrected chi connectivity index (χ4v) is 7.32. The van der Waals surface area contributed by atoms with Gasteiger partial charge in [0.05, 0.1) is 28.6 Å². The first-order chi connectivity index (χ1) is 23.3. The highest BCUT2D eigenvalue weighted by molar-refractivity contribution is 6.21. The minimum Gasteiger partial charge on any atom is -0.454 e. The first-order valence-electron chi connectivity index (χ1n) is 15.9. The van der Waals surface area contributed by atoms with Crippen LogP contribution in [0.2, 0.25) is 0 Å². The molecule has 4 heteroatoms. The van der Waals surface area contributed by atoms with Crippen molar-refractivity contribution >= 4 is 82.5 Å².